The Balaban J connectivity index is 1.36. The Morgan fingerprint density at radius 1 is 0.941 bits per heavy atom. The number of nitrogens with zero attached hydrogens (tertiary/aromatic N) is 1. The van der Waals surface area contributed by atoms with E-state index in [0.29, 0.717) is 17.0 Å². The highest BCUT2D eigenvalue weighted by Gasteiger charge is 2.32. The normalized spacial score (nSPS) is 13.0. The van der Waals surface area contributed by atoms with E-state index >= 15 is 0 Å². The molecular weight excluding hydrogens is 461 g/mol. The molecule has 2 amide bonds. The van der Waals surface area contributed by atoms with Crippen molar-refractivity contribution >= 4 is 29.3 Å². The van der Waals surface area contributed by atoms with Crippen molar-refractivity contribution in [2.45, 2.75) is 23.9 Å². The van der Waals surface area contributed by atoms with Crippen molar-refractivity contribution in [3.8, 4) is 0 Å². The third-order valence-electron chi connectivity index (χ3n) is 5.67. The Hall–Kier alpha value is -3.26. The van der Waals surface area contributed by atoms with Gasteiger partial charge in [-0.05, 0) is 48.2 Å². The van der Waals surface area contributed by atoms with Gasteiger partial charge < -0.3 is 10.2 Å². The van der Waals surface area contributed by atoms with Crippen LogP contribution in [0.4, 0.5) is 18.9 Å². The van der Waals surface area contributed by atoms with Crippen LogP contribution in [-0.4, -0.2) is 30.7 Å². The molecule has 3 aromatic rings. The van der Waals surface area contributed by atoms with Crippen molar-refractivity contribution in [1.82, 2.24) is 5.32 Å². The summed E-state index contributed by atoms with van der Waals surface area (Å²) in [6.07, 6.45) is -3.56. The van der Waals surface area contributed by atoms with Gasteiger partial charge in [-0.15, -0.1) is 11.8 Å². The van der Waals surface area contributed by atoms with Gasteiger partial charge in [0.2, 0.25) is 5.91 Å². The van der Waals surface area contributed by atoms with Gasteiger partial charge in [0.1, 0.15) is 0 Å². The smallest absolute Gasteiger partial charge is 0.352 e. The first-order valence-electron chi connectivity index (χ1n) is 10.9. The number of hydrogen-bond acceptors (Lipinski definition) is 3. The van der Waals surface area contributed by atoms with E-state index in [4.69, 9.17) is 0 Å². The van der Waals surface area contributed by atoms with Crippen LogP contribution in [-0.2, 0) is 23.8 Å². The molecule has 1 N–H and O–H groups in total. The molecule has 0 fully saturated rings. The molecule has 0 spiro atoms. The number of benzene rings is 3. The zero-order valence-electron chi connectivity index (χ0n) is 18.3. The minimum absolute atomic E-state index is 0.0334. The number of carbonyl (C=O) groups excluding carboxylic acids is 2. The summed E-state index contributed by atoms with van der Waals surface area (Å²) in [5, 5.41) is 2.71. The first-order valence-corrected chi connectivity index (χ1v) is 11.9. The van der Waals surface area contributed by atoms with Crippen molar-refractivity contribution in [3.05, 3.63) is 95.1 Å². The van der Waals surface area contributed by atoms with Gasteiger partial charge in [-0.2, -0.15) is 13.2 Å². The van der Waals surface area contributed by atoms with E-state index in [9.17, 15) is 22.8 Å². The minimum atomic E-state index is -4.44. The lowest BCUT2D eigenvalue weighted by Gasteiger charge is -2.17. The molecule has 4 nitrogen and oxygen atoms in total. The third kappa shape index (κ3) is 5.44. The second-order valence-corrected chi connectivity index (χ2v) is 8.89. The van der Waals surface area contributed by atoms with E-state index in [2.05, 4.69) is 5.32 Å². The molecular formula is C26H23F3N2O2S. The molecule has 0 saturated carbocycles. The van der Waals surface area contributed by atoms with E-state index in [0.717, 1.165) is 23.7 Å². The Kier molecular flexibility index (Phi) is 7.26. The highest BCUT2D eigenvalue weighted by atomic mass is 32.2. The Morgan fingerprint density at radius 3 is 2.47 bits per heavy atom. The molecule has 1 heterocycles. The van der Waals surface area contributed by atoms with Crippen LogP contribution in [0.2, 0.25) is 0 Å². The fourth-order valence-corrected chi connectivity index (χ4v) is 4.94. The summed E-state index contributed by atoms with van der Waals surface area (Å²) in [7, 11) is 0. The predicted octanol–water partition coefficient (Wildman–Crippen LogP) is 5.36. The number of anilines is 1. The van der Waals surface area contributed by atoms with Crippen molar-refractivity contribution in [3.63, 3.8) is 0 Å². The molecule has 0 bridgehead atoms. The van der Waals surface area contributed by atoms with Crippen LogP contribution in [0.5, 0.6) is 0 Å². The Morgan fingerprint density at radius 2 is 1.65 bits per heavy atom. The van der Waals surface area contributed by atoms with Gasteiger partial charge in [-0.1, -0.05) is 48.5 Å². The minimum Gasteiger partial charge on any atom is -0.352 e. The lowest BCUT2D eigenvalue weighted by molar-refractivity contribution is -0.138. The number of fused-ring (bicyclic) bond motifs is 1. The fourth-order valence-electron chi connectivity index (χ4n) is 4.02. The number of hydrogen-bond donors (Lipinski definition) is 1. The molecule has 0 atom stereocenters. The molecule has 34 heavy (non-hydrogen) atoms. The Bertz CT molecular complexity index is 1200. The maximum atomic E-state index is 13.2. The predicted molar refractivity (Wildman–Crippen MR) is 127 cm³/mol. The zero-order chi connectivity index (χ0) is 24.1. The van der Waals surface area contributed by atoms with Gasteiger partial charge in [0.15, 0.2) is 0 Å². The van der Waals surface area contributed by atoms with Crippen molar-refractivity contribution in [2.75, 3.05) is 23.7 Å². The van der Waals surface area contributed by atoms with Crippen LogP contribution in [0, 0.1) is 0 Å². The molecule has 0 unspecified atom stereocenters. The molecule has 0 saturated heterocycles. The number of alkyl halides is 3. The summed E-state index contributed by atoms with van der Waals surface area (Å²) in [4.78, 5) is 28.0. The van der Waals surface area contributed by atoms with Gasteiger partial charge in [0.25, 0.3) is 5.91 Å². The number of carbonyl (C=O) groups is 2. The second kappa shape index (κ2) is 10.3. The van der Waals surface area contributed by atoms with Crippen LogP contribution < -0.4 is 10.2 Å². The van der Waals surface area contributed by atoms with Crippen LogP contribution >= 0.6 is 11.8 Å². The fraction of sp³-hybridized carbons (Fsp3) is 0.231. The monoisotopic (exact) mass is 484 g/mol. The molecule has 4 rings (SSSR count). The molecule has 0 aromatic heterocycles. The number of para-hydroxylation sites is 1. The maximum Gasteiger partial charge on any atom is 0.416 e. The lowest BCUT2D eigenvalue weighted by atomic mass is 10.0. The number of nitrogens with one attached hydrogen (secondary N) is 1. The molecule has 3 aromatic carbocycles. The molecule has 0 aliphatic carbocycles. The average Bonchev–Trinajstić information content (AvgIpc) is 3.27. The summed E-state index contributed by atoms with van der Waals surface area (Å²) in [5.41, 5.74) is 1.91. The van der Waals surface area contributed by atoms with E-state index in [1.165, 1.54) is 23.9 Å². The van der Waals surface area contributed by atoms with Gasteiger partial charge >= 0.3 is 6.18 Å². The van der Waals surface area contributed by atoms with Gasteiger partial charge in [-0.25, -0.2) is 0 Å². The Labute approximate surface area is 200 Å². The first kappa shape index (κ1) is 23.9. The molecule has 1 aliphatic rings. The van der Waals surface area contributed by atoms with E-state index in [1.54, 1.807) is 35.2 Å². The third-order valence-corrected chi connectivity index (χ3v) is 6.73. The summed E-state index contributed by atoms with van der Waals surface area (Å²) < 4.78 is 39.5. The number of thioether (sulfide) groups is 1. The number of rotatable bonds is 7. The lowest BCUT2D eigenvalue weighted by Crippen LogP contribution is -2.30. The number of amides is 2. The van der Waals surface area contributed by atoms with Crippen molar-refractivity contribution < 1.29 is 22.8 Å². The van der Waals surface area contributed by atoms with Gasteiger partial charge in [0, 0.05) is 23.7 Å². The van der Waals surface area contributed by atoms with Crippen LogP contribution in [0.3, 0.4) is 0 Å². The average molecular weight is 485 g/mol. The van der Waals surface area contributed by atoms with E-state index in [1.807, 2.05) is 24.3 Å². The van der Waals surface area contributed by atoms with Crippen molar-refractivity contribution in [2.24, 2.45) is 0 Å². The molecule has 8 heteroatoms. The second-order valence-electron chi connectivity index (χ2n) is 7.87. The highest BCUT2D eigenvalue weighted by Crippen LogP contribution is 2.32. The van der Waals surface area contributed by atoms with Gasteiger partial charge in [-0.3, -0.25) is 9.59 Å². The highest BCUT2D eigenvalue weighted by molar-refractivity contribution is 8.00. The number of halogens is 3. The molecule has 1 aliphatic heterocycles. The standard InChI is InChI=1S/C26H23F3N2O2S/c27-26(28,29)21-10-4-1-7-18(21)13-15-30-25(33)20-9-3-6-12-23(20)34-17-24(32)31-16-14-19-8-2-5-11-22(19)31/h1-12H,13-17H2,(H,30,33). The van der Waals surface area contributed by atoms with Crippen LogP contribution in [0.1, 0.15) is 27.0 Å². The topological polar surface area (TPSA) is 49.4 Å². The first-order chi connectivity index (χ1) is 16.3. The van der Waals surface area contributed by atoms with E-state index < -0.39 is 11.7 Å². The van der Waals surface area contributed by atoms with E-state index in [-0.39, 0.29) is 36.1 Å². The summed E-state index contributed by atoms with van der Waals surface area (Å²) in [5.74, 6) is -0.238. The SMILES string of the molecule is O=C(NCCc1ccccc1C(F)(F)F)c1ccccc1SCC(=O)N1CCc2ccccc21. The quantitative estimate of drug-likeness (QED) is 0.460. The van der Waals surface area contributed by atoms with Crippen molar-refractivity contribution in [1.29, 1.82) is 0 Å². The maximum absolute atomic E-state index is 13.2. The molecule has 0 radical (unpaired) electrons. The largest absolute Gasteiger partial charge is 0.416 e. The summed E-state index contributed by atoms with van der Waals surface area (Å²) in [6, 6.07) is 20.1. The van der Waals surface area contributed by atoms with Crippen LogP contribution in [0.25, 0.3) is 0 Å². The van der Waals surface area contributed by atoms with Crippen LogP contribution in [0.15, 0.2) is 77.7 Å². The summed E-state index contributed by atoms with van der Waals surface area (Å²) in [6.45, 7) is 0.703. The molecule has 176 valence electrons. The zero-order valence-corrected chi connectivity index (χ0v) is 19.1. The summed E-state index contributed by atoms with van der Waals surface area (Å²) >= 11 is 1.28. The van der Waals surface area contributed by atoms with Gasteiger partial charge in [0.05, 0.1) is 16.9 Å².